The van der Waals surface area contributed by atoms with Crippen LogP contribution in [0.5, 0.6) is 0 Å². The van der Waals surface area contributed by atoms with E-state index in [0.29, 0.717) is 17.8 Å². The maximum atomic E-state index is 5.02. The molecule has 3 aromatic heterocycles. The molecule has 0 unspecified atom stereocenters. The quantitative estimate of drug-likeness (QED) is 0.734. The summed E-state index contributed by atoms with van der Waals surface area (Å²) in [7, 11) is 0. The number of fused-ring (bicyclic) bond motifs is 1. The molecule has 108 valence electrons. The molecule has 1 fully saturated rings. The molecule has 0 radical (unpaired) electrons. The summed E-state index contributed by atoms with van der Waals surface area (Å²) in [6, 6.07) is 4.37. The van der Waals surface area contributed by atoms with Gasteiger partial charge in [0.25, 0.3) is 0 Å². The SMILES string of the molecule is Cc1noc(NCC2CN(c3ccc4nncn4n3)C2)n1. The fraction of sp³-hybridized carbons (Fsp3) is 0.417. The van der Waals surface area contributed by atoms with E-state index in [9.17, 15) is 0 Å². The highest BCUT2D eigenvalue weighted by molar-refractivity contribution is 5.46. The van der Waals surface area contributed by atoms with Gasteiger partial charge in [-0.2, -0.15) is 9.50 Å². The van der Waals surface area contributed by atoms with Gasteiger partial charge in [-0.25, -0.2) is 0 Å². The summed E-state index contributed by atoms with van der Waals surface area (Å²) in [4.78, 5) is 6.33. The zero-order valence-electron chi connectivity index (χ0n) is 11.5. The molecule has 4 heterocycles. The molecular weight excluding hydrogens is 272 g/mol. The normalized spacial score (nSPS) is 15.4. The van der Waals surface area contributed by atoms with Crippen LogP contribution in [0, 0.1) is 12.8 Å². The summed E-state index contributed by atoms with van der Waals surface area (Å²) >= 11 is 0. The van der Waals surface area contributed by atoms with Gasteiger partial charge in [0.15, 0.2) is 11.5 Å². The number of rotatable bonds is 4. The molecule has 1 aliphatic rings. The minimum Gasteiger partial charge on any atom is -0.354 e. The topological polar surface area (TPSA) is 97.3 Å². The third-order valence-corrected chi connectivity index (χ3v) is 3.50. The Hall–Kier alpha value is -2.71. The van der Waals surface area contributed by atoms with Crippen molar-refractivity contribution in [2.75, 3.05) is 29.9 Å². The molecule has 1 saturated heterocycles. The van der Waals surface area contributed by atoms with Crippen LogP contribution in [0.1, 0.15) is 5.82 Å². The van der Waals surface area contributed by atoms with Crippen molar-refractivity contribution in [3.63, 3.8) is 0 Å². The highest BCUT2D eigenvalue weighted by Gasteiger charge is 2.28. The van der Waals surface area contributed by atoms with Gasteiger partial charge in [0.2, 0.25) is 0 Å². The van der Waals surface area contributed by atoms with Gasteiger partial charge in [0.05, 0.1) is 0 Å². The molecule has 0 atom stereocenters. The fourth-order valence-corrected chi connectivity index (χ4v) is 2.37. The van der Waals surface area contributed by atoms with Gasteiger partial charge in [-0.3, -0.25) is 0 Å². The van der Waals surface area contributed by atoms with Crippen LogP contribution in [-0.4, -0.2) is 49.6 Å². The Bertz CT molecular complexity index is 759. The van der Waals surface area contributed by atoms with Crippen LogP contribution in [0.25, 0.3) is 5.65 Å². The average molecular weight is 286 g/mol. The minimum absolute atomic E-state index is 0.481. The lowest BCUT2D eigenvalue weighted by molar-refractivity contribution is 0.400. The number of hydrogen-bond acceptors (Lipinski definition) is 8. The van der Waals surface area contributed by atoms with Gasteiger partial charge in [-0.1, -0.05) is 5.16 Å². The Morgan fingerprint density at radius 2 is 2.29 bits per heavy atom. The van der Waals surface area contributed by atoms with Crippen LogP contribution < -0.4 is 10.2 Å². The van der Waals surface area contributed by atoms with E-state index in [1.807, 2.05) is 12.1 Å². The van der Waals surface area contributed by atoms with Gasteiger partial charge in [-0.05, 0) is 19.1 Å². The average Bonchev–Trinajstić information content (AvgIpc) is 3.05. The summed E-state index contributed by atoms with van der Waals surface area (Å²) in [6.07, 6.45) is 1.61. The third-order valence-electron chi connectivity index (χ3n) is 3.50. The number of anilines is 2. The maximum absolute atomic E-state index is 5.02. The van der Waals surface area contributed by atoms with Gasteiger partial charge >= 0.3 is 6.01 Å². The van der Waals surface area contributed by atoms with Crippen molar-refractivity contribution >= 4 is 17.5 Å². The smallest absolute Gasteiger partial charge is 0.321 e. The molecule has 4 rings (SSSR count). The van der Waals surface area contributed by atoms with Gasteiger partial charge < -0.3 is 14.7 Å². The van der Waals surface area contributed by atoms with Crippen LogP contribution in [0.15, 0.2) is 23.0 Å². The molecule has 9 nitrogen and oxygen atoms in total. The molecule has 0 amide bonds. The van der Waals surface area contributed by atoms with E-state index < -0.39 is 0 Å². The van der Waals surface area contributed by atoms with Crippen LogP contribution in [0.4, 0.5) is 11.8 Å². The van der Waals surface area contributed by atoms with Crippen molar-refractivity contribution in [3.8, 4) is 0 Å². The monoisotopic (exact) mass is 286 g/mol. The number of hydrogen-bond donors (Lipinski definition) is 1. The second-order valence-electron chi connectivity index (χ2n) is 5.12. The van der Waals surface area contributed by atoms with Crippen LogP contribution in [0.3, 0.4) is 0 Å². The Balaban J connectivity index is 1.34. The van der Waals surface area contributed by atoms with Crippen molar-refractivity contribution < 1.29 is 4.52 Å². The predicted molar refractivity (Wildman–Crippen MR) is 74.0 cm³/mol. The first-order valence-corrected chi connectivity index (χ1v) is 6.74. The predicted octanol–water partition coefficient (Wildman–Crippen LogP) is 0.364. The molecular formula is C12H14N8O. The van der Waals surface area contributed by atoms with E-state index in [1.165, 1.54) is 0 Å². The third kappa shape index (κ3) is 2.26. The Morgan fingerprint density at radius 3 is 3.10 bits per heavy atom. The summed E-state index contributed by atoms with van der Waals surface area (Å²) < 4.78 is 6.70. The van der Waals surface area contributed by atoms with Crippen molar-refractivity contribution in [1.29, 1.82) is 0 Å². The first-order valence-electron chi connectivity index (χ1n) is 6.74. The highest BCUT2D eigenvalue weighted by atomic mass is 16.5. The second kappa shape index (κ2) is 4.69. The summed E-state index contributed by atoms with van der Waals surface area (Å²) in [6.45, 7) is 4.50. The standard InChI is InChI=1S/C12H14N8O/c1-8-15-12(21-18-8)13-4-9-5-19(6-9)11-3-2-10-16-14-7-20(10)17-11/h2-3,7,9H,4-6H2,1H3,(H,13,15,18). The lowest BCUT2D eigenvalue weighted by Crippen LogP contribution is -2.50. The molecule has 21 heavy (non-hydrogen) atoms. The maximum Gasteiger partial charge on any atom is 0.321 e. The van der Waals surface area contributed by atoms with Crippen LogP contribution in [0.2, 0.25) is 0 Å². The lowest BCUT2D eigenvalue weighted by atomic mass is 10.0. The fourth-order valence-electron chi connectivity index (χ4n) is 2.37. The zero-order chi connectivity index (χ0) is 14.2. The molecule has 3 aromatic rings. The molecule has 9 heteroatoms. The zero-order valence-corrected chi connectivity index (χ0v) is 11.5. The van der Waals surface area contributed by atoms with E-state index in [2.05, 4.69) is 35.7 Å². The first-order chi connectivity index (χ1) is 10.3. The number of aromatic nitrogens is 6. The Morgan fingerprint density at radius 1 is 1.38 bits per heavy atom. The molecule has 1 N–H and O–H groups in total. The molecule has 0 spiro atoms. The molecule has 0 bridgehead atoms. The summed E-state index contributed by atoms with van der Waals surface area (Å²) in [5.74, 6) is 2.11. The van der Waals surface area contributed by atoms with Crippen LogP contribution >= 0.6 is 0 Å². The molecule has 1 aliphatic heterocycles. The van der Waals surface area contributed by atoms with Crippen LogP contribution in [-0.2, 0) is 0 Å². The first kappa shape index (κ1) is 12.1. The van der Waals surface area contributed by atoms with Crippen molar-refractivity contribution in [2.24, 2.45) is 5.92 Å². The Kier molecular flexibility index (Phi) is 2.69. The van der Waals surface area contributed by atoms with E-state index in [1.54, 1.807) is 17.8 Å². The molecule has 0 saturated carbocycles. The van der Waals surface area contributed by atoms with E-state index >= 15 is 0 Å². The van der Waals surface area contributed by atoms with Crippen molar-refractivity contribution in [3.05, 3.63) is 24.3 Å². The minimum atomic E-state index is 0.481. The molecule has 0 aromatic carbocycles. The van der Waals surface area contributed by atoms with E-state index in [4.69, 9.17) is 4.52 Å². The lowest BCUT2D eigenvalue weighted by Gasteiger charge is -2.39. The number of nitrogens with one attached hydrogen (secondary N) is 1. The number of aryl methyl sites for hydroxylation is 1. The summed E-state index contributed by atoms with van der Waals surface area (Å²) in [5.41, 5.74) is 0.754. The highest BCUT2D eigenvalue weighted by Crippen LogP contribution is 2.22. The Labute approximate surface area is 120 Å². The molecule has 0 aliphatic carbocycles. The largest absolute Gasteiger partial charge is 0.354 e. The van der Waals surface area contributed by atoms with Gasteiger partial charge in [-0.15, -0.1) is 15.3 Å². The summed E-state index contributed by atoms with van der Waals surface area (Å²) in [5, 5.41) is 19.1. The van der Waals surface area contributed by atoms with Crippen molar-refractivity contribution in [2.45, 2.75) is 6.92 Å². The second-order valence-corrected chi connectivity index (χ2v) is 5.12. The van der Waals surface area contributed by atoms with E-state index in [-0.39, 0.29) is 0 Å². The van der Waals surface area contributed by atoms with Crippen molar-refractivity contribution in [1.82, 2.24) is 30.0 Å². The van der Waals surface area contributed by atoms with E-state index in [0.717, 1.165) is 31.1 Å². The number of nitrogens with zero attached hydrogens (tertiary/aromatic N) is 7. The van der Waals surface area contributed by atoms with Gasteiger partial charge in [0, 0.05) is 25.6 Å². The van der Waals surface area contributed by atoms with Gasteiger partial charge in [0.1, 0.15) is 12.1 Å².